The topological polar surface area (TPSA) is 56.7 Å². The molecule has 3 heterocycles. The molecule has 5 heteroatoms. The summed E-state index contributed by atoms with van der Waals surface area (Å²) in [6.07, 6.45) is 0. The molecule has 0 unspecified atom stereocenters. The van der Waals surface area contributed by atoms with Gasteiger partial charge in [0.2, 0.25) is 0 Å². The lowest BCUT2D eigenvalue weighted by Crippen LogP contribution is -2.00. The van der Waals surface area contributed by atoms with Crippen molar-refractivity contribution in [1.82, 2.24) is 19.5 Å². The third kappa shape index (κ3) is 5.67. The van der Waals surface area contributed by atoms with Gasteiger partial charge in [0, 0.05) is 43.9 Å². The molecule has 0 radical (unpaired) electrons. The summed E-state index contributed by atoms with van der Waals surface area (Å²) >= 11 is 0. The van der Waals surface area contributed by atoms with E-state index in [2.05, 4.69) is 168 Å². The van der Waals surface area contributed by atoms with Crippen molar-refractivity contribution in [2.45, 2.75) is 0 Å². The summed E-state index contributed by atoms with van der Waals surface area (Å²) in [5.74, 6) is 1.87. The van der Waals surface area contributed by atoms with Crippen LogP contribution < -0.4 is 0 Å². The molecule has 0 saturated heterocycles. The molecule has 0 saturated carbocycles. The third-order valence-corrected chi connectivity index (χ3v) is 11.6. The first-order valence-electron chi connectivity index (χ1n) is 20.2. The van der Waals surface area contributed by atoms with E-state index in [1.807, 2.05) is 42.5 Å². The number of benzene rings is 9. The maximum absolute atomic E-state index is 6.27. The number of hydrogen-bond acceptors (Lipinski definition) is 4. The molecule has 0 N–H and O–H groups in total. The van der Waals surface area contributed by atoms with Crippen molar-refractivity contribution < 1.29 is 4.42 Å². The monoisotopic (exact) mass is 766 g/mol. The van der Waals surface area contributed by atoms with Gasteiger partial charge in [-0.3, -0.25) is 0 Å². The van der Waals surface area contributed by atoms with E-state index in [0.29, 0.717) is 17.5 Å². The van der Waals surface area contributed by atoms with Gasteiger partial charge in [0.25, 0.3) is 0 Å². The zero-order valence-electron chi connectivity index (χ0n) is 32.3. The summed E-state index contributed by atoms with van der Waals surface area (Å²) in [5, 5.41) is 7.08. The first-order chi connectivity index (χ1) is 29.7. The van der Waals surface area contributed by atoms with Crippen LogP contribution in [0.3, 0.4) is 0 Å². The summed E-state index contributed by atoms with van der Waals surface area (Å²) in [5.41, 5.74) is 12.4. The van der Waals surface area contributed by atoms with Crippen molar-refractivity contribution in [3.63, 3.8) is 0 Å². The highest BCUT2D eigenvalue weighted by Gasteiger charge is 2.18. The van der Waals surface area contributed by atoms with Crippen LogP contribution in [-0.4, -0.2) is 19.5 Å². The molecule has 0 aliphatic rings. The average Bonchev–Trinajstić information content (AvgIpc) is 3.87. The van der Waals surface area contributed by atoms with Crippen LogP contribution in [0.5, 0.6) is 0 Å². The summed E-state index contributed by atoms with van der Waals surface area (Å²) in [6, 6.07) is 72.3. The molecule has 60 heavy (non-hydrogen) atoms. The Bertz CT molecular complexity index is 3600. The van der Waals surface area contributed by atoms with E-state index in [9.17, 15) is 0 Å². The lowest BCUT2D eigenvalue weighted by Gasteiger charge is -2.12. The fourth-order valence-corrected chi connectivity index (χ4v) is 8.75. The van der Waals surface area contributed by atoms with Crippen molar-refractivity contribution in [2.75, 3.05) is 0 Å². The van der Waals surface area contributed by atoms with Crippen molar-refractivity contribution in [3.05, 3.63) is 206 Å². The lowest BCUT2D eigenvalue weighted by atomic mass is 9.98. The predicted molar refractivity (Wildman–Crippen MR) is 246 cm³/mol. The number of para-hydroxylation sites is 2. The van der Waals surface area contributed by atoms with Crippen LogP contribution >= 0.6 is 0 Å². The molecule has 9 aromatic carbocycles. The Morgan fingerprint density at radius 1 is 0.333 bits per heavy atom. The third-order valence-electron chi connectivity index (χ3n) is 11.6. The minimum atomic E-state index is 0.617. The van der Waals surface area contributed by atoms with Crippen LogP contribution in [0.1, 0.15) is 0 Å². The molecular weight excluding hydrogens is 733 g/mol. The van der Waals surface area contributed by atoms with Gasteiger partial charge in [-0.1, -0.05) is 146 Å². The van der Waals surface area contributed by atoms with Gasteiger partial charge in [-0.2, -0.15) is 0 Å². The molecular formula is C55H34N4O. The first-order valence-corrected chi connectivity index (χ1v) is 20.2. The van der Waals surface area contributed by atoms with Gasteiger partial charge < -0.3 is 8.98 Å². The molecule has 12 rings (SSSR count). The molecule has 0 fully saturated rings. The van der Waals surface area contributed by atoms with Crippen LogP contribution in [-0.2, 0) is 0 Å². The number of fused-ring (bicyclic) bond motifs is 7. The molecule has 3 aromatic heterocycles. The fraction of sp³-hybridized carbons (Fsp3) is 0. The van der Waals surface area contributed by atoms with Gasteiger partial charge in [0.1, 0.15) is 11.2 Å². The second kappa shape index (κ2) is 13.8. The molecule has 0 amide bonds. The van der Waals surface area contributed by atoms with Crippen LogP contribution in [0, 0.1) is 0 Å². The number of aromatic nitrogens is 4. The first kappa shape index (κ1) is 33.9. The van der Waals surface area contributed by atoms with Crippen molar-refractivity contribution in [3.8, 4) is 62.1 Å². The highest BCUT2D eigenvalue weighted by atomic mass is 16.3. The van der Waals surface area contributed by atoms with Gasteiger partial charge >= 0.3 is 0 Å². The number of furan rings is 1. The van der Waals surface area contributed by atoms with E-state index < -0.39 is 0 Å². The molecule has 280 valence electrons. The van der Waals surface area contributed by atoms with Crippen LogP contribution in [0.25, 0.3) is 117 Å². The second-order valence-electron chi connectivity index (χ2n) is 15.2. The molecule has 0 spiro atoms. The van der Waals surface area contributed by atoms with E-state index >= 15 is 0 Å². The summed E-state index contributed by atoms with van der Waals surface area (Å²) in [4.78, 5) is 15.2. The largest absolute Gasteiger partial charge is 0.456 e. The minimum absolute atomic E-state index is 0.617. The second-order valence-corrected chi connectivity index (χ2v) is 15.2. The Balaban J connectivity index is 0.972. The van der Waals surface area contributed by atoms with E-state index in [-0.39, 0.29) is 0 Å². The van der Waals surface area contributed by atoms with E-state index in [0.717, 1.165) is 77.6 Å². The SMILES string of the molecule is c1ccc(-c2nc(-c3ccc(-n4c5ccccc5c5ccc(-c6cccc7oc8ccccc8c67)cc54)cc3)nc(-c3cccc(-c4ccc5ccccc5c4)c3)n2)cc1. The zero-order valence-corrected chi connectivity index (χ0v) is 32.3. The van der Waals surface area contributed by atoms with E-state index in [1.165, 1.54) is 21.5 Å². The standard InChI is InChI=1S/C55H34N4O/c1-2-13-36(14-3-1)53-56-54(58-55(57-53)42-17-10-16-39(33-42)40-25-24-35-12-4-5-15-38(35)32-40)37-26-29-43(30-27-37)59-48-21-8-6-18-45(48)46-31-28-41(34-49(46)59)44-20-11-23-51-52(44)47-19-7-9-22-50(47)60-51/h1-34H. The van der Waals surface area contributed by atoms with Gasteiger partial charge in [-0.15, -0.1) is 0 Å². The molecule has 0 aliphatic carbocycles. The normalized spacial score (nSPS) is 11.7. The lowest BCUT2D eigenvalue weighted by molar-refractivity contribution is 0.669. The highest BCUT2D eigenvalue weighted by molar-refractivity contribution is 6.14. The fourth-order valence-electron chi connectivity index (χ4n) is 8.75. The Labute approximate surface area is 345 Å². The Morgan fingerprint density at radius 2 is 0.917 bits per heavy atom. The van der Waals surface area contributed by atoms with Crippen LogP contribution in [0.15, 0.2) is 211 Å². The van der Waals surface area contributed by atoms with Gasteiger partial charge in [0.05, 0.1) is 11.0 Å². The van der Waals surface area contributed by atoms with Gasteiger partial charge in [-0.05, 0) is 93.7 Å². The van der Waals surface area contributed by atoms with Crippen molar-refractivity contribution >= 4 is 54.5 Å². The van der Waals surface area contributed by atoms with Gasteiger partial charge in [0.15, 0.2) is 17.5 Å². The average molecular weight is 767 g/mol. The van der Waals surface area contributed by atoms with Crippen LogP contribution in [0.4, 0.5) is 0 Å². The Kier molecular flexibility index (Phi) is 7.78. The van der Waals surface area contributed by atoms with Crippen molar-refractivity contribution in [1.29, 1.82) is 0 Å². The smallest absolute Gasteiger partial charge is 0.164 e. The maximum Gasteiger partial charge on any atom is 0.164 e. The number of hydrogen-bond donors (Lipinski definition) is 0. The van der Waals surface area contributed by atoms with Crippen molar-refractivity contribution in [2.24, 2.45) is 0 Å². The molecule has 0 atom stereocenters. The Hall–Kier alpha value is -8.15. The molecule has 0 bridgehead atoms. The van der Waals surface area contributed by atoms with E-state index in [4.69, 9.17) is 19.4 Å². The number of nitrogens with zero attached hydrogens (tertiary/aromatic N) is 4. The van der Waals surface area contributed by atoms with Crippen LogP contribution in [0.2, 0.25) is 0 Å². The molecule has 0 aliphatic heterocycles. The highest BCUT2D eigenvalue weighted by Crippen LogP contribution is 2.40. The summed E-state index contributed by atoms with van der Waals surface area (Å²) in [7, 11) is 0. The molecule has 5 nitrogen and oxygen atoms in total. The zero-order chi connectivity index (χ0) is 39.6. The van der Waals surface area contributed by atoms with Gasteiger partial charge in [-0.25, -0.2) is 15.0 Å². The van der Waals surface area contributed by atoms with E-state index in [1.54, 1.807) is 0 Å². The number of rotatable bonds is 6. The Morgan fingerprint density at radius 3 is 1.77 bits per heavy atom. The summed E-state index contributed by atoms with van der Waals surface area (Å²) in [6.45, 7) is 0. The molecule has 12 aromatic rings. The summed E-state index contributed by atoms with van der Waals surface area (Å²) < 4.78 is 8.63. The quantitative estimate of drug-likeness (QED) is 0.169. The predicted octanol–water partition coefficient (Wildman–Crippen LogP) is 14.4. The minimum Gasteiger partial charge on any atom is -0.456 e. The maximum atomic E-state index is 6.27.